The summed E-state index contributed by atoms with van der Waals surface area (Å²) in [4.78, 5) is 13.6. The summed E-state index contributed by atoms with van der Waals surface area (Å²) in [5.74, 6) is 0.479. The number of primary amides is 1. The summed E-state index contributed by atoms with van der Waals surface area (Å²) in [6.07, 6.45) is -0.180. The predicted molar refractivity (Wildman–Crippen MR) is 71.8 cm³/mol. The summed E-state index contributed by atoms with van der Waals surface area (Å²) in [6, 6.07) is 7.41. The van der Waals surface area contributed by atoms with Crippen LogP contribution in [-0.2, 0) is 16.1 Å². The monoisotopic (exact) mass is 264 g/mol. The highest BCUT2D eigenvalue weighted by Crippen LogP contribution is 2.23. The van der Waals surface area contributed by atoms with Gasteiger partial charge in [0.05, 0.1) is 19.8 Å². The van der Waals surface area contributed by atoms with Crippen LogP contribution in [0.2, 0.25) is 0 Å². The molecule has 2 N–H and O–H groups in total. The first-order chi connectivity index (χ1) is 9.13. The Morgan fingerprint density at radius 1 is 1.53 bits per heavy atom. The van der Waals surface area contributed by atoms with E-state index in [4.69, 9.17) is 15.2 Å². The molecule has 5 nitrogen and oxygen atoms in total. The maximum Gasteiger partial charge on any atom is 0.237 e. The van der Waals surface area contributed by atoms with Gasteiger partial charge in [-0.1, -0.05) is 18.2 Å². The Bertz CT molecular complexity index is 450. The van der Waals surface area contributed by atoms with Gasteiger partial charge in [-0.3, -0.25) is 9.69 Å². The number of benzene rings is 1. The number of hydrogen-bond donors (Lipinski definition) is 1. The fourth-order valence-corrected chi connectivity index (χ4v) is 2.52. The summed E-state index contributed by atoms with van der Waals surface area (Å²) < 4.78 is 10.8. The smallest absolute Gasteiger partial charge is 0.237 e. The van der Waals surface area contributed by atoms with Gasteiger partial charge in [0.1, 0.15) is 11.8 Å². The molecule has 1 aliphatic heterocycles. The van der Waals surface area contributed by atoms with Gasteiger partial charge in [0.25, 0.3) is 0 Å². The lowest BCUT2D eigenvalue weighted by molar-refractivity contribution is -0.136. The molecule has 1 fully saturated rings. The summed E-state index contributed by atoms with van der Waals surface area (Å²) in [5, 5.41) is 0. The largest absolute Gasteiger partial charge is 0.496 e. The number of carbonyl (C=O) groups excluding carboxylic acids is 1. The van der Waals surface area contributed by atoms with Crippen LogP contribution in [-0.4, -0.2) is 43.2 Å². The fourth-order valence-electron chi connectivity index (χ4n) is 2.52. The Balaban J connectivity index is 2.18. The van der Waals surface area contributed by atoms with E-state index in [2.05, 4.69) is 0 Å². The molecule has 2 rings (SSSR count). The van der Waals surface area contributed by atoms with Crippen molar-refractivity contribution in [2.24, 2.45) is 5.73 Å². The standard InChI is InChI=1S/C14H20N2O3/c1-10-13(14(15)17)16(7-8-19-10)9-11-5-3-4-6-12(11)18-2/h3-6,10,13H,7-9H2,1-2H3,(H2,15,17)/t10-,13+/m1/s1. The van der Waals surface area contributed by atoms with Gasteiger partial charge in [-0.15, -0.1) is 0 Å². The number of morpholine rings is 1. The van der Waals surface area contributed by atoms with E-state index in [0.29, 0.717) is 19.7 Å². The highest BCUT2D eigenvalue weighted by atomic mass is 16.5. The van der Waals surface area contributed by atoms with Crippen molar-refractivity contribution in [3.63, 3.8) is 0 Å². The average Bonchev–Trinajstić information content (AvgIpc) is 2.39. The maximum atomic E-state index is 11.6. The molecule has 1 saturated heterocycles. The van der Waals surface area contributed by atoms with Crippen molar-refractivity contribution >= 4 is 5.91 Å². The average molecular weight is 264 g/mol. The van der Waals surface area contributed by atoms with Gasteiger partial charge < -0.3 is 15.2 Å². The Labute approximate surface area is 113 Å². The molecule has 1 heterocycles. The molecule has 0 saturated carbocycles. The molecule has 1 aromatic carbocycles. The molecule has 0 aromatic heterocycles. The van der Waals surface area contributed by atoms with Crippen LogP contribution in [0.5, 0.6) is 5.75 Å². The van der Waals surface area contributed by atoms with Crippen LogP contribution in [0.1, 0.15) is 12.5 Å². The van der Waals surface area contributed by atoms with E-state index in [0.717, 1.165) is 11.3 Å². The highest BCUT2D eigenvalue weighted by Gasteiger charge is 2.33. The number of methoxy groups -OCH3 is 1. The van der Waals surface area contributed by atoms with E-state index in [1.807, 2.05) is 36.1 Å². The van der Waals surface area contributed by atoms with Gasteiger partial charge in [-0.2, -0.15) is 0 Å². The lowest BCUT2D eigenvalue weighted by Gasteiger charge is -2.38. The summed E-state index contributed by atoms with van der Waals surface area (Å²) in [5.41, 5.74) is 6.53. The van der Waals surface area contributed by atoms with Crippen molar-refractivity contribution in [2.75, 3.05) is 20.3 Å². The number of amides is 1. The first-order valence-electron chi connectivity index (χ1n) is 6.40. The number of carbonyl (C=O) groups is 1. The second-order valence-electron chi connectivity index (χ2n) is 4.71. The Hall–Kier alpha value is -1.59. The summed E-state index contributed by atoms with van der Waals surface area (Å²) in [6.45, 7) is 3.81. The number of ether oxygens (including phenoxy) is 2. The molecule has 1 aromatic rings. The van der Waals surface area contributed by atoms with E-state index >= 15 is 0 Å². The second-order valence-corrected chi connectivity index (χ2v) is 4.71. The third kappa shape index (κ3) is 3.05. The van der Waals surface area contributed by atoms with Gasteiger partial charge in [0, 0.05) is 18.7 Å². The molecule has 0 unspecified atom stereocenters. The lowest BCUT2D eigenvalue weighted by atomic mass is 10.1. The van der Waals surface area contributed by atoms with Crippen molar-refractivity contribution < 1.29 is 14.3 Å². The predicted octanol–water partition coefficient (Wildman–Crippen LogP) is 0.770. The molecule has 0 bridgehead atoms. The molecule has 1 aliphatic rings. The van der Waals surface area contributed by atoms with E-state index in [-0.39, 0.29) is 12.0 Å². The number of nitrogens with two attached hydrogens (primary N) is 1. The number of nitrogens with zero attached hydrogens (tertiary/aromatic N) is 1. The Morgan fingerprint density at radius 2 is 2.26 bits per heavy atom. The summed E-state index contributed by atoms with van der Waals surface area (Å²) in [7, 11) is 1.65. The Morgan fingerprint density at radius 3 is 2.95 bits per heavy atom. The second kappa shape index (κ2) is 6.04. The molecule has 19 heavy (non-hydrogen) atoms. The van der Waals surface area contributed by atoms with Crippen LogP contribution in [0.25, 0.3) is 0 Å². The van der Waals surface area contributed by atoms with Gasteiger partial charge in [0.2, 0.25) is 5.91 Å². The normalized spacial score (nSPS) is 24.1. The molecule has 0 spiro atoms. The van der Waals surface area contributed by atoms with Crippen molar-refractivity contribution in [1.82, 2.24) is 4.90 Å². The number of rotatable bonds is 4. The van der Waals surface area contributed by atoms with Crippen LogP contribution in [0.15, 0.2) is 24.3 Å². The van der Waals surface area contributed by atoms with E-state index in [1.165, 1.54) is 0 Å². The first-order valence-corrected chi connectivity index (χ1v) is 6.40. The summed E-state index contributed by atoms with van der Waals surface area (Å²) >= 11 is 0. The van der Waals surface area contributed by atoms with Gasteiger partial charge in [-0.05, 0) is 13.0 Å². The zero-order valence-corrected chi connectivity index (χ0v) is 11.3. The Kier molecular flexibility index (Phi) is 4.39. The first kappa shape index (κ1) is 13.8. The van der Waals surface area contributed by atoms with Crippen LogP contribution < -0.4 is 10.5 Å². The van der Waals surface area contributed by atoms with E-state index in [1.54, 1.807) is 7.11 Å². The minimum Gasteiger partial charge on any atom is -0.496 e. The van der Waals surface area contributed by atoms with Crippen LogP contribution >= 0.6 is 0 Å². The third-order valence-corrected chi connectivity index (χ3v) is 3.45. The number of hydrogen-bond acceptors (Lipinski definition) is 4. The molecule has 2 atom stereocenters. The molecule has 1 amide bonds. The quantitative estimate of drug-likeness (QED) is 0.872. The maximum absolute atomic E-state index is 11.6. The van der Waals surface area contributed by atoms with E-state index < -0.39 is 6.04 Å². The SMILES string of the molecule is COc1ccccc1CN1CCO[C@H](C)[C@H]1C(N)=O. The van der Waals surface area contributed by atoms with Crippen molar-refractivity contribution in [2.45, 2.75) is 25.6 Å². The molecule has 5 heteroatoms. The van der Waals surface area contributed by atoms with E-state index in [9.17, 15) is 4.79 Å². The zero-order valence-electron chi connectivity index (χ0n) is 11.3. The third-order valence-electron chi connectivity index (χ3n) is 3.45. The molecular formula is C14H20N2O3. The van der Waals surface area contributed by atoms with Crippen LogP contribution in [0, 0.1) is 0 Å². The van der Waals surface area contributed by atoms with Gasteiger partial charge >= 0.3 is 0 Å². The molecule has 104 valence electrons. The lowest BCUT2D eigenvalue weighted by Crippen LogP contribution is -2.56. The molecule has 0 radical (unpaired) electrons. The topological polar surface area (TPSA) is 64.8 Å². The van der Waals surface area contributed by atoms with Crippen LogP contribution in [0.4, 0.5) is 0 Å². The molecular weight excluding hydrogens is 244 g/mol. The van der Waals surface area contributed by atoms with Gasteiger partial charge in [-0.25, -0.2) is 0 Å². The van der Waals surface area contributed by atoms with Crippen molar-refractivity contribution in [3.8, 4) is 5.75 Å². The van der Waals surface area contributed by atoms with Crippen molar-refractivity contribution in [3.05, 3.63) is 29.8 Å². The van der Waals surface area contributed by atoms with Crippen molar-refractivity contribution in [1.29, 1.82) is 0 Å². The fraction of sp³-hybridized carbons (Fsp3) is 0.500. The minimum absolute atomic E-state index is 0.180. The molecule has 0 aliphatic carbocycles. The van der Waals surface area contributed by atoms with Gasteiger partial charge in [0.15, 0.2) is 0 Å². The highest BCUT2D eigenvalue weighted by molar-refractivity contribution is 5.80. The zero-order chi connectivity index (χ0) is 13.8. The minimum atomic E-state index is -0.390. The van der Waals surface area contributed by atoms with Crippen LogP contribution in [0.3, 0.4) is 0 Å². The number of para-hydroxylation sites is 1.